The number of esters is 1. The fourth-order valence-electron chi connectivity index (χ4n) is 2.36. The first-order valence-corrected chi connectivity index (χ1v) is 7.89. The average Bonchev–Trinajstić information content (AvgIpc) is 2.33. The third-order valence-corrected chi connectivity index (χ3v) is 3.39. The molecule has 3 nitrogen and oxygen atoms in total. The lowest BCUT2D eigenvalue weighted by Gasteiger charge is -2.18. The quantitative estimate of drug-likeness (QED) is 0.458. The first-order chi connectivity index (χ1) is 8.99. The minimum Gasteiger partial charge on any atom is -0.463 e. The van der Waals surface area contributed by atoms with E-state index in [1.54, 1.807) is 0 Å². The SMILES string of the molecule is CCCCCCC(C)OC(=O)C[C@@H](CN)CC(C)C. The highest BCUT2D eigenvalue weighted by atomic mass is 16.5. The summed E-state index contributed by atoms with van der Waals surface area (Å²) in [4.78, 5) is 11.8. The monoisotopic (exact) mass is 271 g/mol. The molecular formula is C16H33NO2. The predicted octanol–water partition coefficient (Wildman–Crippen LogP) is 3.90. The highest BCUT2D eigenvalue weighted by Crippen LogP contribution is 2.16. The molecule has 0 spiro atoms. The molecule has 0 fully saturated rings. The van der Waals surface area contributed by atoms with Crippen LogP contribution in [0.25, 0.3) is 0 Å². The molecule has 0 aromatic heterocycles. The lowest BCUT2D eigenvalue weighted by Crippen LogP contribution is -2.23. The number of ether oxygens (including phenoxy) is 1. The van der Waals surface area contributed by atoms with E-state index < -0.39 is 0 Å². The van der Waals surface area contributed by atoms with Crippen molar-refractivity contribution >= 4 is 5.97 Å². The van der Waals surface area contributed by atoms with Gasteiger partial charge in [0.25, 0.3) is 0 Å². The van der Waals surface area contributed by atoms with E-state index in [1.165, 1.54) is 19.3 Å². The second kappa shape index (κ2) is 11.3. The van der Waals surface area contributed by atoms with Gasteiger partial charge in [-0.1, -0.05) is 40.0 Å². The van der Waals surface area contributed by atoms with E-state index in [9.17, 15) is 4.79 Å². The predicted molar refractivity (Wildman–Crippen MR) is 80.9 cm³/mol. The lowest BCUT2D eigenvalue weighted by molar-refractivity contribution is -0.149. The Labute approximate surface area is 119 Å². The third kappa shape index (κ3) is 11.0. The normalized spacial score (nSPS) is 14.4. The first kappa shape index (κ1) is 18.4. The maximum atomic E-state index is 11.8. The second-order valence-corrected chi connectivity index (χ2v) is 6.09. The van der Waals surface area contributed by atoms with Gasteiger partial charge in [0.1, 0.15) is 0 Å². The van der Waals surface area contributed by atoms with Gasteiger partial charge in [-0.15, -0.1) is 0 Å². The molecule has 0 rings (SSSR count). The van der Waals surface area contributed by atoms with E-state index in [4.69, 9.17) is 10.5 Å². The van der Waals surface area contributed by atoms with E-state index in [1.807, 2.05) is 6.92 Å². The molecule has 1 unspecified atom stereocenters. The Balaban J connectivity index is 3.81. The van der Waals surface area contributed by atoms with Crippen LogP contribution in [-0.2, 0) is 9.53 Å². The van der Waals surface area contributed by atoms with Gasteiger partial charge in [-0.3, -0.25) is 4.79 Å². The Kier molecular flexibility index (Phi) is 10.9. The molecule has 2 atom stereocenters. The largest absolute Gasteiger partial charge is 0.463 e. The molecule has 0 amide bonds. The van der Waals surface area contributed by atoms with E-state index in [0.29, 0.717) is 18.9 Å². The van der Waals surface area contributed by atoms with Gasteiger partial charge >= 0.3 is 5.97 Å². The van der Waals surface area contributed by atoms with Crippen molar-refractivity contribution in [1.29, 1.82) is 0 Å². The summed E-state index contributed by atoms with van der Waals surface area (Å²) in [6.45, 7) is 9.07. The maximum Gasteiger partial charge on any atom is 0.306 e. The van der Waals surface area contributed by atoms with Gasteiger partial charge in [-0.25, -0.2) is 0 Å². The fourth-order valence-corrected chi connectivity index (χ4v) is 2.36. The van der Waals surface area contributed by atoms with Crippen molar-refractivity contribution in [2.75, 3.05) is 6.54 Å². The summed E-state index contributed by atoms with van der Waals surface area (Å²) in [6, 6.07) is 0. The van der Waals surface area contributed by atoms with Crippen molar-refractivity contribution in [3.63, 3.8) is 0 Å². The molecule has 0 radical (unpaired) electrons. The van der Waals surface area contributed by atoms with Crippen LogP contribution < -0.4 is 5.73 Å². The van der Waals surface area contributed by atoms with Gasteiger partial charge in [0.2, 0.25) is 0 Å². The molecule has 19 heavy (non-hydrogen) atoms. The Morgan fingerprint density at radius 1 is 1.16 bits per heavy atom. The van der Waals surface area contributed by atoms with Crippen molar-refractivity contribution < 1.29 is 9.53 Å². The highest BCUT2D eigenvalue weighted by molar-refractivity contribution is 5.69. The summed E-state index contributed by atoms with van der Waals surface area (Å²) in [6.07, 6.45) is 7.37. The van der Waals surface area contributed by atoms with E-state index in [2.05, 4.69) is 20.8 Å². The Morgan fingerprint density at radius 3 is 2.37 bits per heavy atom. The van der Waals surface area contributed by atoms with Gasteiger partial charge in [-0.05, 0) is 44.6 Å². The molecule has 0 aliphatic heterocycles. The van der Waals surface area contributed by atoms with Crippen molar-refractivity contribution in [2.24, 2.45) is 17.6 Å². The fraction of sp³-hybridized carbons (Fsp3) is 0.938. The first-order valence-electron chi connectivity index (χ1n) is 7.89. The summed E-state index contributed by atoms with van der Waals surface area (Å²) < 4.78 is 5.45. The van der Waals surface area contributed by atoms with Crippen LogP contribution >= 0.6 is 0 Å². The maximum absolute atomic E-state index is 11.8. The molecule has 0 aromatic carbocycles. The molecule has 2 N–H and O–H groups in total. The molecule has 0 saturated heterocycles. The Bertz CT molecular complexity index is 229. The summed E-state index contributed by atoms with van der Waals surface area (Å²) in [7, 11) is 0. The van der Waals surface area contributed by atoms with E-state index in [0.717, 1.165) is 19.3 Å². The molecule has 0 aliphatic rings. The molecule has 114 valence electrons. The number of nitrogens with two attached hydrogens (primary N) is 1. The van der Waals surface area contributed by atoms with E-state index >= 15 is 0 Å². The third-order valence-electron chi connectivity index (χ3n) is 3.39. The Hall–Kier alpha value is -0.570. The summed E-state index contributed by atoms with van der Waals surface area (Å²) in [5, 5.41) is 0. The number of carbonyl (C=O) groups excluding carboxylic acids is 1. The van der Waals surface area contributed by atoms with Gasteiger partial charge in [0.15, 0.2) is 0 Å². The van der Waals surface area contributed by atoms with Crippen molar-refractivity contribution in [3.05, 3.63) is 0 Å². The molecular weight excluding hydrogens is 238 g/mol. The molecule has 0 aliphatic carbocycles. The lowest BCUT2D eigenvalue weighted by atomic mass is 9.94. The second-order valence-electron chi connectivity index (χ2n) is 6.09. The van der Waals surface area contributed by atoms with E-state index in [-0.39, 0.29) is 18.0 Å². The van der Waals surface area contributed by atoms with Crippen LogP contribution in [0.3, 0.4) is 0 Å². The number of rotatable bonds is 11. The summed E-state index contributed by atoms with van der Waals surface area (Å²) in [5.74, 6) is 0.756. The van der Waals surface area contributed by atoms with Crippen molar-refractivity contribution in [1.82, 2.24) is 0 Å². The zero-order valence-electron chi connectivity index (χ0n) is 13.3. The topological polar surface area (TPSA) is 52.3 Å². The minimum absolute atomic E-state index is 0.0434. The van der Waals surface area contributed by atoms with Gasteiger partial charge in [-0.2, -0.15) is 0 Å². The van der Waals surface area contributed by atoms with Crippen molar-refractivity contribution in [3.8, 4) is 0 Å². The van der Waals surface area contributed by atoms with Gasteiger partial charge < -0.3 is 10.5 Å². The molecule has 0 aromatic rings. The van der Waals surface area contributed by atoms with Crippen LogP contribution in [0.5, 0.6) is 0 Å². The molecule has 0 saturated carbocycles. The van der Waals surface area contributed by atoms with Crippen molar-refractivity contribution in [2.45, 2.75) is 78.7 Å². The van der Waals surface area contributed by atoms with Gasteiger partial charge in [0, 0.05) is 6.42 Å². The number of unbranched alkanes of at least 4 members (excludes halogenated alkanes) is 3. The molecule has 0 heterocycles. The van der Waals surface area contributed by atoms with Crippen LogP contribution in [-0.4, -0.2) is 18.6 Å². The van der Waals surface area contributed by atoms with Crippen LogP contribution in [0.2, 0.25) is 0 Å². The smallest absolute Gasteiger partial charge is 0.306 e. The van der Waals surface area contributed by atoms with Crippen LogP contribution in [0, 0.1) is 11.8 Å². The van der Waals surface area contributed by atoms with Crippen LogP contribution in [0.15, 0.2) is 0 Å². The molecule has 0 bridgehead atoms. The highest BCUT2D eigenvalue weighted by Gasteiger charge is 2.16. The Morgan fingerprint density at radius 2 is 1.84 bits per heavy atom. The molecule has 3 heteroatoms. The summed E-state index contributed by atoms with van der Waals surface area (Å²) in [5.41, 5.74) is 5.71. The zero-order valence-corrected chi connectivity index (χ0v) is 13.3. The average molecular weight is 271 g/mol. The minimum atomic E-state index is -0.0842. The number of hydrogen-bond donors (Lipinski definition) is 1. The zero-order chi connectivity index (χ0) is 14.7. The van der Waals surface area contributed by atoms with Gasteiger partial charge in [0.05, 0.1) is 6.10 Å². The van der Waals surface area contributed by atoms with Crippen LogP contribution in [0.4, 0.5) is 0 Å². The number of carbonyl (C=O) groups is 1. The number of hydrogen-bond acceptors (Lipinski definition) is 3. The standard InChI is InChI=1S/C16H33NO2/c1-5-6-7-8-9-14(4)19-16(18)11-15(12-17)10-13(2)3/h13-15H,5-12,17H2,1-4H3/t14?,15-/m0/s1. The summed E-state index contributed by atoms with van der Waals surface area (Å²) >= 11 is 0. The van der Waals surface area contributed by atoms with Crippen LogP contribution in [0.1, 0.15) is 72.6 Å².